The first-order chi connectivity index (χ1) is 8.86. The van der Waals surface area contributed by atoms with Crippen LogP contribution in [0.25, 0.3) is 0 Å². The van der Waals surface area contributed by atoms with E-state index in [1.54, 1.807) is 16.4 Å². The third-order valence-corrected chi connectivity index (χ3v) is 7.40. The number of likely N-dealkylation sites (N-methyl/N-ethyl adjacent to an activating group) is 1. The van der Waals surface area contributed by atoms with E-state index in [4.69, 9.17) is 11.6 Å². The smallest absolute Gasteiger partial charge is 0.252 e. The molecule has 1 fully saturated rings. The molecule has 0 aliphatic carbocycles. The first-order valence-electron chi connectivity index (χ1n) is 6.17. The Morgan fingerprint density at radius 3 is 2.58 bits per heavy atom. The Bertz CT molecular complexity index is 542. The van der Waals surface area contributed by atoms with Gasteiger partial charge in [0.25, 0.3) is 10.0 Å². The molecule has 2 unspecified atom stereocenters. The number of rotatable bonds is 4. The maximum absolute atomic E-state index is 12.6. The van der Waals surface area contributed by atoms with Crippen molar-refractivity contribution in [3.05, 3.63) is 17.0 Å². The maximum Gasteiger partial charge on any atom is 0.252 e. The predicted octanol–water partition coefficient (Wildman–Crippen LogP) is 2.06. The lowest BCUT2D eigenvalue weighted by atomic mass is 10.1. The molecule has 7 heteroatoms. The molecule has 0 saturated carbocycles. The third-order valence-electron chi connectivity index (χ3n) is 3.57. The zero-order valence-electron chi connectivity index (χ0n) is 11.3. The van der Waals surface area contributed by atoms with Crippen molar-refractivity contribution in [2.75, 3.05) is 27.2 Å². The summed E-state index contributed by atoms with van der Waals surface area (Å²) in [6.07, 6.45) is 0. The van der Waals surface area contributed by atoms with Gasteiger partial charge in [-0.1, -0.05) is 6.92 Å². The minimum Gasteiger partial charge on any atom is -0.305 e. The fourth-order valence-electron chi connectivity index (χ4n) is 2.47. The Morgan fingerprint density at radius 2 is 2.11 bits per heavy atom. The number of alkyl halides is 1. The summed E-state index contributed by atoms with van der Waals surface area (Å²) >= 11 is 7.00. The zero-order chi connectivity index (χ0) is 14.2. The van der Waals surface area contributed by atoms with Gasteiger partial charge in [0, 0.05) is 24.0 Å². The number of hydrogen-bond donors (Lipinski definition) is 0. The van der Waals surface area contributed by atoms with E-state index in [9.17, 15) is 8.42 Å². The molecule has 0 aromatic carbocycles. The summed E-state index contributed by atoms with van der Waals surface area (Å²) in [5.41, 5.74) is 0. The second kappa shape index (κ2) is 5.69. The normalized spacial score (nSPS) is 25.3. The molecule has 19 heavy (non-hydrogen) atoms. The lowest BCUT2D eigenvalue weighted by molar-refractivity contribution is 0.263. The molecule has 0 amide bonds. The molecule has 2 atom stereocenters. The van der Waals surface area contributed by atoms with Crippen molar-refractivity contribution >= 4 is 33.0 Å². The molecule has 0 N–H and O–H groups in total. The summed E-state index contributed by atoms with van der Waals surface area (Å²) in [5, 5.41) is 0. The largest absolute Gasteiger partial charge is 0.305 e. The van der Waals surface area contributed by atoms with Crippen molar-refractivity contribution in [1.29, 1.82) is 0 Å². The van der Waals surface area contributed by atoms with E-state index >= 15 is 0 Å². The van der Waals surface area contributed by atoms with Gasteiger partial charge in [-0.3, -0.25) is 0 Å². The van der Waals surface area contributed by atoms with Crippen LogP contribution in [0.5, 0.6) is 0 Å². The van der Waals surface area contributed by atoms with Crippen LogP contribution < -0.4 is 0 Å². The molecule has 1 aromatic heterocycles. The summed E-state index contributed by atoms with van der Waals surface area (Å²) in [6, 6.07) is 3.72. The number of nitrogens with zero attached hydrogens (tertiary/aromatic N) is 2. The molecule has 0 bridgehead atoms. The van der Waals surface area contributed by atoms with Gasteiger partial charge < -0.3 is 4.90 Å². The predicted molar refractivity (Wildman–Crippen MR) is 79.3 cm³/mol. The molecule has 0 radical (unpaired) electrons. The maximum atomic E-state index is 12.6. The standard InChI is InChI=1S/C12H19ClN2O2S2/c1-9-7-15(8-11(9)14(2)3)19(16,17)12-5-4-10(6-13)18-12/h4-5,9,11H,6-8H2,1-3H3. The molecule has 108 valence electrons. The fourth-order valence-corrected chi connectivity index (χ4v) is 5.64. The quantitative estimate of drug-likeness (QED) is 0.797. The number of halogens is 1. The Kier molecular flexibility index (Phi) is 4.57. The Labute approximate surface area is 124 Å². The minimum absolute atomic E-state index is 0.280. The van der Waals surface area contributed by atoms with Crippen LogP contribution in [-0.2, 0) is 15.9 Å². The van der Waals surface area contributed by atoms with E-state index in [0.29, 0.717) is 29.1 Å². The van der Waals surface area contributed by atoms with Gasteiger partial charge in [0.05, 0.1) is 5.88 Å². The van der Waals surface area contributed by atoms with Gasteiger partial charge in [-0.05, 0) is 32.1 Å². The van der Waals surface area contributed by atoms with Crippen LogP contribution in [0, 0.1) is 5.92 Å². The first kappa shape index (κ1) is 15.3. The highest BCUT2D eigenvalue weighted by atomic mass is 35.5. The second-order valence-corrected chi connectivity index (χ2v) is 8.79. The van der Waals surface area contributed by atoms with Gasteiger partial charge in [-0.15, -0.1) is 22.9 Å². The molecular weight excluding hydrogens is 304 g/mol. The van der Waals surface area contributed by atoms with E-state index in [2.05, 4.69) is 11.8 Å². The van der Waals surface area contributed by atoms with E-state index < -0.39 is 10.0 Å². The molecule has 4 nitrogen and oxygen atoms in total. The number of thiophene rings is 1. The average Bonchev–Trinajstić information content (AvgIpc) is 2.95. The molecule has 0 spiro atoms. The topological polar surface area (TPSA) is 40.6 Å². The number of hydrogen-bond acceptors (Lipinski definition) is 4. The lowest BCUT2D eigenvalue weighted by Gasteiger charge is -2.22. The molecule has 1 aromatic rings. The molecule has 1 aliphatic rings. The Hall–Kier alpha value is -0.140. The summed E-state index contributed by atoms with van der Waals surface area (Å²) in [6.45, 7) is 3.24. The van der Waals surface area contributed by atoms with Crippen molar-refractivity contribution < 1.29 is 8.42 Å². The molecule has 1 saturated heterocycles. The van der Waals surface area contributed by atoms with Crippen LogP contribution in [-0.4, -0.2) is 50.8 Å². The second-order valence-electron chi connectivity index (χ2n) is 5.18. The van der Waals surface area contributed by atoms with Gasteiger partial charge in [-0.2, -0.15) is 4.31 Å². The van der Waals surface area contributed by atoms with E-state index in [-0.39, 0.29) is 6.04 Å². The zero-order valence-corrected chi connectivity index (χ0v) is 13.7. The highest BCUT2D eigenvalue weighted by Crippen LogP contribution is 2.30. The van der Waals surface area contributed by atoms with Crippen LogP contribution in [0.3, 0.4) is 0 Å². The summed E-state index contributed by atoms with van der Waals surface area (Å²) in [5.74, 6) is 0.703. The molecule has 1 aliphatic heterocycles. The van der Waals surface area contributed by atoms with Gasteiger partial charge in [0.15, 0.2) is 0 Å². The Morgan fingerprint density at radius 1 is 1.42 bits per heavy atom. The van der Waals surface area contributed by atoms with Crippen LogP contribution >= 0.6 is 22.9 Å². The third kappa shape index (κ3) is 2.97. The van der Waals surface area contributed by atoms with Crippen LogP contribution in [0.2, 0.25) is 0 Å². The van der Waals surface area contributed by atoms with Crippen molar-refractivity contribution in [2.24, 2.45) is 5.92 Å². The van der Waals surface area contributed by atoms with Crippen molar-refractivity contribution in [3.8, 4) is 0 Å². The van der Waals surface area contributed by atoms with Gasteiger partial charge in [0.1, 0.15) is 4.21 Å². The van der Waals surface area contributed by atoms with Crippen LogP contribution in [0.15, 0.2) is 16.3 Å². The minimum atomic E-state index is -3.36. The molecule has 2 rings (SSSR count). The Balaban J connectivity index is 2.22. The highest BCUT2D eigenvalue weighted by molar-refractivity contribution is 7.91. The van der Waals surface area contributed by atoms with Crippen molar-refractivity contribution in [2.45, 2.75) is 23.1 Å². The van der Waals surface area contributed by atoms with E-state index in [1.807, 2.05) is 14.1 Å². The first-order valence-corrected chi connectivity index (χ1v) is 8.96. The summed E-state index contributed by atoms with van der Waals surface area (Å²) in [4.78, 5) is 2.98. The van der Waals surface area contributed by atoms with Crippen molar-refractivity contribution in [3.63, 3.8) is 0 Å². The van der Waals surface area contributed by atoms with Crippen LogP contribution in [0.1, 0.15) is 11.8 Å². The monoisotopic (exact) mass is 322 g/mol. The van der Waals surface area contributed by atoms with Crippen LogP contribution in [0.4, 0.5) is 0 Å². The lowest BCUT2D eigenvalue weighted by Crippen LogP contribution is -2.35. The van der Waals surface area contributed by atoms with Gasteiger partial charge >= 0.3 is 0 Å². The van der Waals surface area contributed by atoms with Gasteiger partial charge in [-0.25, -0.2) is 8.42 Å². The summed E-state index contributed by atoms with van der Waals surface area (Å²) in [7, 11) is 0.627. The SMILES string of the molecule is CC1CN(S(=O)(=O)c2ccc(CCl)s2)CC1N(C)C. The van der Waals surface area contributed by atoms with E-state index in [0.717, 1.165) is 4.88 Å². The summed E-state index contributed by atoms with van der Waals surface area (Å²) < 4.78 is 27.1. The fraction of sp³-hybridized carbons (Fsp3) is 0.667. The van der Waals surface area contributed by atoms with E-state index in [1.165, 1.54) is 11.3 Å². The molecule has 2 heterocycles. The molecular formula is C12H19ClN2O2S2. The highest BCUT2D eigenvalue weighted by Gasteiger charge is 2.38. The number of sulfonamides is 1. The van der Waals surface area contributed by atoms with Gasteiger partial charge in [0.2, 0.25) is 0 Å². The van der Waals surface area contributed by atoms with Crippen molar-refractivity contribution in [1.82, 2.24) is 9.21 Å². The average molecular weight is 323 g/mol.